The van der Waals surface area contributed by atoms with Gasteiger partial charge in [-0.15, -0.1) is 0 Å². The van der Waals surface area contributed by atoms with Gasteiger partial charge in [0.05, 0.1) is 16.0 Å². The molecule has 2 rings (SSSR count). The molecule has 3 unspecified atom stereocenters. The third-order valence-electron chi connectivity index (χ3n) is 3.97. The molecule has 0 bridgehead atoms. The van der Waals surface area contributed by atoms with Crippen molar-refractivity contribution in [2.45, 2.75) is 54.7 Å². The molecule has 0 saturated heterocycles. The zero-order valence-corrected chi connectivity index (χ0v) is 12.5. The third kappa shape index (κ3) is 3.64. The van der Waals surface area contributed by atoms with Gasteiger partial charge in [-0.1, -0.05) is 25.7 Å². The first-order valence-corrected chi connectivity index (χ1v) is 8.37. The van der Waals surface area contributed by atoms with Crippen LogP contribution in [0.5, 0.6) is 0 Å². The molecule has 5 heteroatoms. The summed E-state index contributed by atoms with van der Waals surface area (Å²) in [4.78, 5) is 0.384. The van der Waals surface area contributed by atoms with Crippen LogP contribution >= 0.6 is 0 Å². The SMILES string of the molecule is CNC1CCCCCCC1S(=O)c1ccc(F)c(F)c1. The van der Waals surface area contributed by atoms with E-state index in [1.807, 2.05) is 7.05 Å². The Morgan fingerprint density at radius 2 is 1.80 bits per heavy atom. The van der Waals surface area contributed by atoms with Gasteiger partial charge in [-0.05, 0) is 38.1 Å². The minimum absolute atomic E-state index is 0.0369. The molecular formula is C15H21F2NOS. The Labute approximate surface area is 121 Å². The lowest BCUT2D eigenvalue weighted by atomic mass is 9.96. The van der Waals surface area contributed by atoms with Gasteiger partial charge in [0.15, 0.2) is 11.6 Å². The van der Waals surface area contributed by atoms with Crippen molar-refractivity contribution in [1.82, 2.24) is 5.32 Å². The molecule has 0 heterocycles. The molecule has 0 amide bonds. The van der Waals surface area contributed by atoms with Crippen LogP contribution < -0.4 is 5.32 Å². The van der Waals surface area contributed by atoms with Crippen molar-refractivity contribution in [1.29, 1.82) is 0 Å². The highest BCUT2D eigenvalue weighted by molar-refractivity contribution is 7.85. The third-order valence-corrected chi connectivity index (χ3v) is 5.80. The first-order valence-electron chi connectivity index (χ1n) is 7.16. The van der Waals surface area contributed by atoms with Gasteiger partial charge in [0, 0.05) is 10.9 Å². The van der Waals surface area contributed by atoms with E-state index in [1.54, 1.807) is 0 Å². The van der Waals surface area contributed by atoms with Crippen molar-refractivity contribution in [3.05, 3.63) is 29.8 Å². The summed E-state index contributed by atoms with van der Waals surface area (Å²) in [6.45, 7) is 0. The Balaban J connectivity index is 2.20. The van der Waals surface area contributed by atoms with Crippen LogP contribution in [0.1, 0.15) is 38.5 Å². The van der Waals surface area contributed by atoms with Crippen LogP contribution in [0.3, 0.4) is 0 Å². The normalized spacial score (nSPS) is 25.8. The average Bonchev–Trinajstić information content (AvgIpc) is 2.41. The van der Waals surface area contributed by atoms with E-state index in [-0.39, 0.29) is 11.3 Å². The first kappa shape index (κ1) is 15.6. The van der Waals surface area contributed by atoms with Gasteiger partial charge in [0.25, 0.3) is 0 Å². The van der Waals surface area contributed by atoms with Gasteiger partial charge in [-0.2, -0.15) is 0 Å². The van der Waals surface area contributed by atoms with E-state index in [0.717, 1.165) is 44.2 Å². The summed E-state index contributed by atoms with van der Waals surface area (Å²) in [5.74, 6) is -1.82. The second kappa shape index (κ2) is 7.27. The molecule has 1 saturated carbocycles. The van der Waals surface area contributed by atoms with E-state index in [2.05, 4.69) is 5.32 Å². The molecule has 1 N–H and O–H groups in total. The summed E-state index contributed by atoms with van der Waals surface area (Å²) in [7, 11) is 0.570. The van der Waals surface area contributed by atoms with Crippen molar-refractivity contribution >= 4 is 10.8 Å². The summed E-state index contributed by atoms with van der Waals surface area (Å²) in [5.41, 5.74) is 0. The molecule has 112 valence electrons. The zero-order chi connectivity index (χ0) is 14.5. The highest BCUT2D eigenvalue weighted by Gasteiger charge is 2.28. The second-order valence-electron chi connectivity index (χ2n) is 5.30. The smallest absolute Gasteiger partial charge is 0.160 e. The fraction of sp³-hybridized carbons (Fsp3) is 0.600. The lowest BCUT2D eigenvalue weighted by Crippen LogP contribution is -2.41. The van der Waals surface area contributed by atoms with Crippen molar-refractivity contribution in [2.24, 2.45) is 0 Å². The lowest BCUT2D eigenvalue weighted by Gasteiger charge is -2.28. The topological polar surface area (TPSA) is 29.1 Å². The summed E-state index contributed by atoms with van der Waals surface area (Å²) in [5, 5.41) is 3.20. The predicted molar refractivity (Wildman–Crippen MR) is 77.1 cm³/mol. The molecular weight excluding hydrogens is 280 g/mol. The number of nitrogens with one attached hydrogen (secondary N) is 1. The molecule has 20 heavy (non-hydrogen) atoms. The predicted octanol–water partition coefficient (Wildman–Crippen LogP) is 3.38. The quantitative estimate of drug-likeness (QED) is 0.927. The van der Waals surface area contributed by atoms with Crippen molar-refractivity contribution in [3.8, 4) is 0 Å². The van der Waals surface area contributed by atoms with Gasteiger partial charge in [0.1, 0.15) is 0 Å². The van der Waals surface area contributed by atoms with Crippen molar-refractivity contribution < 1.29 is 13.0 Å². The first-order chi connectivity index (χ1) is 9.63. The molecule has 1 fully saturated rings. The maximum absolute atomic E-state index is 13.3. The Kier molecular flexibility index (Phi) is 5.66. The zero-order valence-electron chi connectivity index (χ0n) is 11.7. The fourth-order valence-corrected chi connectivity index (χ4v) is 4.54. The van der Waals surface area contributed by atoms with Gasteiger partial charge < -0.3 is 5.32 Å². The van der Waals surface area contributed by atoms with Gasteiger partial charge in [-0.3, -0.25) is 4.21 Å². The highest BCUT2D eigenvalue weighted by Crippen LogP contribution is 2.25. The summed E-state index contributed by atoms with van der Waals surface area (Å²) >= 11 is 0. The molecule has 0 aromatic heterocycles. The number of hydrogen-bond acceptors (Lipinski definition) is 2. The van der Waals surface area contributed by atoms with E-state index in [1.165, 1.54) is 12.5 Å². The fourth-order valence-electron chi connectivity index (χ4n) is 2.81. The van der Waals surface area contributed by atoms with Gasteiger partial charge in [-0.25, -0.2) is 8.78 Å². The number of benzene rings is 1. The highest BCUT2D eigenvalue weighted by atomic mass is 32.2. The van der Waals surface area contributed by atoms with Crippen LogP contribution in [0.2, 0.25) is 0 Å². The lowest BCUT2D eigenvalue weighted by molar-refractivity contribution is 0.414. The van der Waals surface area contributed by atoms with Crippen LogP contribution in [-0.2, 0) is 10.8 Å². The summed E-state index contributed by atoms with van der Waals surface area (Å²) in [6, 6.07) is 3.72. The van der Waals surface area contributed by atoms with E-state index >= 15 is 0 Å². The second-order valence-corrected chi connectivity index (χ2v) is 6.97. The molecule has 0 radical (unpaired) electrons. The Bertz CT molecular complexity index is 481. The van der Waals surface area contributed by atoms with Crippen LogP contribution in [0.4, 0.5) is 8.78 Å². The molecule has 1 aliphatic rings. The minimum Gasteiger partial charge on any atom is -0.316 e. The number of hydrogen-bond donors (Lipinski definition) is 1. The van der Waals surface area contributed by atoms with Crippen LogP contribution in [0.25, 0.3) is 0 Å². The maximum atomic E-state index is 13.3. The van der Waals surface area contributed by atoms with Gasteiger partial charge >= 0.3 is 0 Å². The Morgan fingerprint density at radius 3 is 2.45 bits per heavy atom. The average molecular weight is 301 g/mol. The maximum Gasteiger partial charge on any atom is 0.160 e. The monoisotopic (exact) mass is 301 g/mol. The van der Waals surface area contributed by atoms with E-state index < -0.39 is 22.4 Å². The van der Waals surface area contributed by atoms with E-state index in [9.17, 15) is 13.0 Å². The molecule has 1 aromatic carbocycles. The van der Waals surface area contributed by atoms with Crippen LogP contribution in [0.15, 0.2) is 23.1 Å². The molecule has 0 spiro atoms. The molecule has 0 aliphatic heterocycles. The molecule has 1 aliphatic carbocycles. The molecule has 1 aromatic rings. The minimum atomic E-state index is -1.31. The molecule has 2 nitrogen and oxygen atoms in total. The Hall–Kier alpha value is -0.810. The van der Waals surface area contributed by atoms with Crippen LogP contribution in [-0.4, -0.2) is 22.5 Å². The van der Waals surface area contributed by atoms with Gasteiger partial charge in [0.2, 0.25) is 0 Å². The summed E-state index contributed by atoms with van der Waals surface area (Å²) in [6.07, 6.45) is 6.37. The number of rotatable bonds is 3. The van der Waals surface area contributed by atoms with Crippen molar-refractivity contribution in [3.63, 3.8) is 0 Å². The molecule has 3 atom stereocenters. The summed E-state index contributed by atoms with van der Waals surface area (Å²) < 4.78 is 39.0. The van der Waals surface area contributed by atoms with E-state index in [4.69, 9.17) is 0 Å². The van der Waals surface area contributed by atoms with E-state index in [0.29, 0.717) is 4.90 Å². The van der Waals surface area contributed by atoms with Crippen molar-refractivity contribution in [2.75, 3.05) is 7.05 Å². The Morgan fingerprint density at radius 1 is 1.10 bits per heavy atom. The largest absolute Gasteiger partial charge is 0.316 e. The standard InChI is InChI=1S/C15H21F2NOS/c1-18-14-6-4-2-3-5-7-15(14)20(19)11-8-9-12(16)13(17)10-11/h8-10,14-15,18H,2-7H2,1H3. The van der Waals surface area contributed by atoms with Crippen LogP contribution in [0, 0.1) is 11.6 Å². The number of halogens is 2.